The number of carbonyl (C=O) groups is 1. The van der Waals surface area contributed by atoms with Crippen molar-refractivity contribution in [1.82, 2.24) is 0 Å². The molecule has 4 atom stereocenters. The van der Waals surface area contributed by atoms with E-state index in [1.54, 1.807) is 13.8 Å². The SMILES string of the molecule is CC(C)C(=O)O[C@@H]([C@H](O)[C@@H](O)CO)[C@H](O)CO. The second-order valence-electron chi connectivity index (χ2n) is 4.05. The first kappa shape index (κ1) is 16.3. The van der Waals surface area contributed by atoms with Gasteiger partial charge in [-0.05, 0) is 0 Å². The van der Waals surface area contributed by atoms with E-state index < -0.39 is 49.5 Å². The highest BCUT2D eigenvalue weighted by atomic mass is 16.6. The van der Waals surface area contributed by atoms with Crippen LogP contribution in [0.5, 0.6) is 0 Å². The molecule has 0 aromatic heterocycles. The van der Waals surface area contributed by atoms with Gasteiger partial charge in [-0.3, -0.25) is 4.79 Å². The van der Waals surface area contributed by atoms with Gasteiger partial charge in [0.15, 0.2) is 6.10 Å². The van der Waals surface area contributed by atoms with E-state index in [2.05, 4.69) is 0 Å². The van der Waals surface area contributed by atoms with E-state index in [1.165, 1.54) is 0 Å². The average molecular weight is 252 g/mol. The van der Waals surface area contributed by atoms with E-state index >= 15 is 0 Å². The number of hydrogen-bond acceptors (Lipinski definition) is 7. The highest BCUT2D eigenvalue weighted by Gasteiger charge is 2.35. The first-order chi connectivity index (χ1) is 7.84. The highest BCUT2D eigenvalue weighted by molar-refractivity contribution is 5.71. The van der Waals surface area contributed by atoms with Crippen LogP contribution in [-0.2, 0) is 9.53 Å². The standard InChI is InChI=1S/C10H20O7/c1-5(2)10(16)17-9(7(14)4-12)8(15)6(13)3-11/h5-9,11-15H,3-4H2,1-2H3/t6-,7+,8+,9+/m0/s1. The summed E-state index contributed by atoms with van der Waals surface area (Å²) >= 11 is 0. The predicted octanol–water partition coefficient (Wildman–Crippen LogP) is -2.38. The first-order valence-corrected chi connectivity index (χ1v) is 5.31. The Morgan fingerprint density at radius 3 is 1.88 bits per heavy atom. The Morgan fingerprint density at radius 1 is 1.06 bits per heavy atom. The van der Waals surface area contributed by atoms with Gasteiger partial charge in [0.05, 0.1) is 19.1 Å². The maximum Gasteiger partial charge on any atom is 0.308 e. The largest absolute Gasteiger partial charge is 0.456 e. The molecule has 102 valence electrons. The molecule has 17 heavy (non-hydrogen) atoms. The molecule has 0 spiro atoms. The Kier molecular flexibility index (Phi) is 7.24. The predicted molar refractivity (Wildman–Crippen MR) is 56.9 cm³/mol. The fourth-order valence-electron chi connectivity index (χ4n) is 1.08. The van der Waals surface area contributed by atoms with Crippen LogP contribution in [0.15, 0.2) is 0 Å². The van der Waals surface area contributed by atoms with Crippen LogP contribution in [-0.4, -0.2) is 69.1 Å². The van der Waals surface area contributed by atoms with Crippen LogP contribution in [0.25, 0.3) is 0 Å². The van der Waals surface area contributed by atoms with Gasteiger partial charge in [-0.1, -0.05) is 13.8 Å². The Labute approximate surface area is 99.3 Å². The lowest BCUT2D eigenvalue weighted by Gasteiger charge is -2.29. The number of ether oxygens (including phenoxy) is 1. The van der Waals surface area contributed by atoms with Crippen molar-refractivity contribution in [2.45, 2.75) is 38.3 Å². The number of rotatable bonds is 7. The first-order valence-electron chi connectivity index (χ1n) is 5.31. The van der Waals surface area contributed by atoms with Crippen LogP contribution in [0.4, 0.5) is 0 Å². The average Bonchev–Trinajstić information content (AvgIpc) is 2.32. The summed E-state index contributed by atoms with van der Waals surface area (Å²) in [4.78, 5) is 11.3. The van der Waals surface area contributed by atoms with Crippen molar-refractivity contribution in [3.05, 3.63) is 0 Å². The normalized spacial score (nSPS) is 18.6. The van der Waals surface area contributed by atoms with Crippen LogP contribution in [0.3, 0.4) is 0 Å². The van der Waals surface area contributed by atoms with Gasteiger partial charge >= 0.3 is 5.97 Å². The molecule has 0 aliphatic heterocycles. The molecule has 5 N–H and O–H groups in total. The molecular weight excluding hydrogens is 232 g/mol. The fourth-order valence-corrected chi connectivity index (χ4v) is 1.08. The topological polar surface area (TPSA) is 127 Å². The summed E-state index contributed by atoms with van der Waals surface area (Å²) in [6.07, 6.45) is -6.27. The third-order valence-electron chi connectivity index (χ3n) is 2.21. The lowest BCUT2D eigenvalue weighted by molar-refractivity contribution is -0.180. The summed E-state index contributed by atoms with van der Waals surface area (Å²) in [5, 5.41) is 45.6. The van der Waals surface area contributed by atoms with Gasteiger partial charge in [0.2, 0.25) is 0 Å². The number of aliphatic hydroxyl groups is 5. The van der Waals surface area contributed by atoms with Gasteiger partial charge in [0, 0.05) is 0 Å². The van der Waals surface area contributed by atoms with Crippen molar-refractivity contribution in [3.8, 4) is 0 Å². The molecule has 0 amide bonds. The molecule has 0 fully saturated rings. The quantitative estimate of drug-likeness (QED) is 0.320. The molecule has 0 aliphatic carbocycles. The molecule has 0 rings (SSSR count). The molecule has 0 aromatic rings. The van der Waals surface area contributed by atoms with Gasteiger partial charge in [-0.15, -0.1) is 0 Å². The van der Waals surface area contributed by atoms with Crippen molar-refractivity contribution < 1.29 is 35.1 Å². The molecule has 0 bridgehead atoms. The third kappa shape index (κ3) is 4.97. The van der Waals surface area contributed by atoms with E-state index in [1.807, 2.05) is 0 Å². The highest BCUT2D eigenvalue weighted by Crippen LogP contribution is 2.12. The zero-order valence-corrected chi connectivity index (χ0v) is 9.85. The minimum atomic E-state index is -1.68. The van der Waals surface area contributed by atoms with Gasteiger partial charge in [0.25, 0.3) is 0 Å². The molecule has 7 heteroatoms. The van der Waals surface area contributed by atoms with Gasteiger partial charge < -0.3 is 30.3 Å². The van der Waals surface area contributed by atoms with Crippen LogP contribution < -0.4 is 0 Å². The summed E-state index contributed by atoms with van der Waals surface area (Å²) in [5.74, 6) is -1.17. The lowest BCUT2D eigenvalue weighted by atomic mass is 10.0. The third-order valence-corrected chi connectivity index (χ3v) is 2.21. The van der Waals surface area contributed by atoms with E-state index in [-0.39, 0.29) is 0 Å². The minimum Gasteiger partial charge on any atom is -0.456 e. The summed E-state index contributed by atoms with van der Waals surface area (Å²) in [7, 11) is 0. The lowest BCUT2D eigenvalue weighted by Crippen LogP contribution is -2.49. The molecular formula is C10H20O7. The van der Waals surface area contributed by atoms with Crippen molar-refractivity contribution in [3.63, 3.8) is 0 Å². The number of esters is 1. The Balaban J connectivity index is 4.70. The van der Waals surface area contributed by atoms with Gasteiger partial charge in [-0.25, -0.2) is 0 Å². The molecule has 0 radical (unpaired) electrons. The summed E-state index contributed by atoms with van der Waals surface area (Å²) in [6.45, 7) is 1.61. The molecule has 0 saturated heterocycles. The summed E-state index contributed by atoms with van der Waals surface area (Å²) in [6, 6.07) is 0. The molecule has 0 aromatic carbocycles. The minimum absolute atomic E-state index is 0.484. The summed E-state index contributed by atoms with van der Waals surface area (Å²) in [5.41, 5.74) is 0. The van der Waals surface area contributed by atoms with Crippen LogP contribution in [0, 0.1) is 5.92 Å². The van der Waals surface area contributed by atoms with Crippen molar-refractivity contribution in [2.75, 3.05) is 13.2 Å². The van der Waals surface area contributed by atoms with E-state index in [0.717, 1.165) is 0 Å². The Hall–Kier alpha value is -0.730. The molecule has 0 aliphatic rings. The van der Waals surface area contributed by atoms with Crippen LogP contribution in [0.2, 0.25) is 0 Å². The maximum absolute atomic E-state index is 11.3. The monoisotopic (exact) mass is 252 g/mol. The van der Waals surface area contributed by atoms with E-state index in [0.29, 0.717) is 0 Å². The van der Waals surface area contributed by atoms with Crippen LogP contribution >= 0.6 is 0 Å². The van der Waals surface area contributed by atoms with E-state index in [9.17, 15) is 20.1 Å². The van der Waals surface area contributed by atoms with Crippen LogP contribution in [0.1, 0.15) is 13.8 Å². The van der Waals surface area contributed by atoms with Crippen molar-refractivity contribution >= 4 is 5.97 Å². The molecule has 0 heterocycles. The molecule has 0 unspecified atom stereocenters. The molecule has 0 saturated carbocycles. The molecule has 7 nitrogen and oxygen atoms in total. The van der Waals surface area contributed by atoms with Gasteiger partial charge in [-0.2, -0.15) is 0 Å². The van der Waals surface area contributed by atoms with Gasteiger partial charge in [0.1, 0.15) is 18.3 Å². The zero-order chi connectivity index (χ0) is 13.6. The smallest absolute Gasteiger partial charge is 0.308 e. The van der Waals surface area contributed by atoms with Crippen molar-refractivity contribution in [1.29, 1.82) is 0 Å². The second-order valence-corrected chi connectivity index (χ2v) is 4.05. The fraction of sp³-hybridized carbons (Fsp3) is 0.900. The summed E-state index contributed by atoms with van der Waals surface area (Å²) < 4.78 is 4.78. The Bertz CT molecular complexity index is 231. The number of carbonyl (C=O) groups excluding carboxylic acids is 1. The maximum atomic E-state index is 11.3. The number of hydrogen-bond donors (Lipinski definition) is 5. The second kappa shape index (κ2) is 7.57. The Morgan fingerprint density at radius 2 is 1.53 bits per heavy atom. The van der Waals surface area contributed by atoms with Crippen molar-refractivity contribution in [2.24, 2.45) is 5.92 Å². The number of aliphatic hydroxyl groups excluding tert-OH is 5. The zero-order valence-electron chi connectivity index (χ0n) is 9.85. The van der Waals surface area contributed by atoms with E-state index in [4.69, 9.17) is 14.9 Å².